The highest BCUT2D eigenvalue weighted by atomic mass is 32.2. The Morgan fingerprint density at radius 1 is 1.35 bits per heavy atom. The summed E-state index contributed by atoms with van der Waals surface area (Å²) in [6.07, 6.45) is 2.13. The molecule has 1 unspecified atom stereocenters. The molecular weight excluding hydrogens is 238 g/mol. The third-order valence-corrected chi connectivity index (χ3v) is 4.43. The summed E-state index contributed by atoms with van der Waals surface area (Å²) in [5.41, 5.74) is 0.512. The summed E-state index contributed by atoms with van der Waals surface area (Å²) in [5.74, 6) is -0.526. The molecule has 1 aromatic carbocycles. The standard InChI is InChI=1S/C12H15NO3S/c1-4-11(14)13-12(2,17(3,15)16)10-8-6-5-7-9-10/h4-9H,1H2,2-3H3,(H,13,14). The molecule has 0 aliphatic carbocycles. The van der Waals surface area contributed by atoms with E-state index in [4.69, 9.17) is 0 Å². The van der Waals surface area contributed by atoms with E-state index < -0.39 is 20.6 Å². The van der Waals surface area contributed by atoms with Crippen LogP contribution in [0.15, 0.2) is 43.0 Å². The molecule has 1 atom stereocenters. The first kappa shape index (κ1) is 13.4. The highest BCUT2D eigenvalue weighted by Crippen LogP contribution is 2.26. The molecule has 0 bridgehead atoms. The second-order valence-electron chi connectivity index (χ2n) is 3.86. The summed E-state index contributed by atoms with van der Waals surface area (Å²) in [7, 11) is -3.50. The number of nitrogens with one attached hydrogen (secondary N) is 1. The number of hydrogen-bond acceptors (Lipinski definition) is 3. The molecule has 0 aliphatic rings. The lowest BCUT2D eigenvalue weighted by Gasteiger charge is -2.28. The van der Waals surface area contributed by atoms with Crippen molar-refractivity contribution in [1.82, 2.24) is 5.32 Å². The molecule has 92 valence electrons. The van der Waals surface area contributed by atoms with Gasteiger partial charge < -0.3 is 5.32 Å². The second kappa shape index (κ2) is 4.71. The largest absolute Gasteiger partial charge is 0.330 e. The average Bonchev–Trinajstić information content (AvgIpc) is 2.28. The van der Waals surface area contributed by atoms with Crippen LogP contribution in [-0.2, 0) is 19.5 Å². The zero-order chi connectivity index (χ0) is 13.1. The predicted octanol–water partition coefficient (Wildman–Crippen LogP) is 1.21. The molecule has 1 rings (SSSR count). The molecule has 1 aromatic rings. The van der Waals surface area contributed by atoms with Crippen molar-refractivity contribution >= 4 is 15.7 Å². The van der Waals surface area contributed by atoms with Gasteiger partial charge in [-0.05, 0) is 18.6 Å². The molecule has 1 N–H and O–H groups in total. The lowest BCUT2D eigenvalue weighted by molar-refractivity contribution is -0.117. The fourth-order valence-electron chi connectivity index (χ4n) is 1.42. The Balaban J connectivity index is 3.31. The monoisotopic (exact) mass is 253 g/mol. The molecular formula is C12H15NO3S. The number of benzene rings is 1. The Hall–Kier alpha value is -1.62. The number of carbonyl (C=O) groups excluding carboxylic acids is 1. The van der Waals surface area contributed by atoms with Crippen molar-refractivity contribution in [2.75, 3.05) is 6.26 Å². The molecule has 0 fully saturated rings. The molecule has 0 saturated heterocycles. The van der Waals surface area contributed by atoms with Crippen molar-refractivity contribution in [3.8, 4) is 0 Å². The molecule has 0 heterocycles. The first-order valence-corrected chi connectivity index (χ1v) is 6.90. The van der Waals surface area contributed by atoms with Crippen LogP contribution in [0.4, 0.5) is 0 Å². The van der Waals surface area contributed by atoms with Gasteiger partial charge in [0.1, 0.15) is 0 Å². The number of carbonyl (C=O) groups is 1. The maximum Gasteiger partial charge on any atom is 0.244 e. The van der Waals surface area contributed by atoms with Crippen molar-refractivity contribution in [3.63, 3.8) is 0 Å². The van der Waals surface area contributed by atoms with Gasteiger partial charge in [0.15, 0.2) is 14.7 Å². The molecule has 0 aliphatic heterocycles. The van der Waals surface area contributed by atoms with E-state index in [0.29, 0.717) is 5.56 Å². The summed E-state index contributed by atoms with van der Waals surface area (Å²) in [6, 6.07) is 8.54. The van der Waals surface area contributed by atoms with Gasteiger partial charge >= 0.3 is 0 Å². The normalized spacial score (nSPS) is 14.7. The zero-order valence-electron chi connectivity index (χ0n) is 9.80. The Morgan fingerprint density at radius 2 is 1.88 bits per heavy atom. The van der Waals surface area contributed by atoms with Gasteiger partial charge in [-0.3, -0.25) is 4.79 Å². The number of sulfone groups is 1. The number of amides is 1. The fourth-order valence-corrected chi connectivity index (χ4v) is 2.27. The highest BCUT2D eigenvalue weighted by molar-refractivity contribution is 7.91. The minimum atomic E-state index is -3.50. The SMILES string of the molecule is C=CC(=O)NC(C)(c1ccccc1)S(C)(=O)=O. The van der Waals surface area contributed by atoms with Gasteiger partial charge in [0, 0.05) is 6.26 Å². The van der Waals surface area contributed by atoms with Crippen LogP contribution >= 0.6 is 0 Å². The summed E-state index contributed by atoms with van der Waals surface area (Å²) >= 11 is 0. The third kappa shape index (κ3) is 2.74. The van der Waals surface area contributed by atoms with Crippen LogP contribution in [0.3, 0.4) is 0 Å². The van der Waals surface area contributed by atoms with Crippen LogP contribution < -0.4 is 5.32 Å². The van der Waals surface area contributed by atoms with Gasteiger partial charge in [0.2, 0.25) is 5.91 Å². The van der Waals surface area contributed by atoms with Gasteiger partial charge in [0.05, 0.1) is 0 Å². The smallest absolute Gasteiger partial charge is 0.244 e. The van der Waals surface area contributed by atoms with Crippen molar-refractivity contribution in [1.29, 1.82) is 0 Å². The minimum absolute atomic E-state index is 0.512. The molecule has 0 radical (unpaired) electrons. The van der Waals surface area contributed by atoms with Crippen LogP contribution in [0.2, 0.25) is 0 Å². The van der Waals surface area contributed by atoms with Crippen LogP contribution in [0.5, 0.6) is 0 Å². The van der Waals surface area contributed by atoms with E-state index in [2.05, 4.69) is 11.9 Å². The van der Waals surface area contributed by atoms with Crippen molar-refractivity contribution in [2.24, 2.45) is 0 Å². The third-order valence-electron chi connectivity index (χ3n) is 2.61. The van der Waals surface area contributed by atoms with Crippen LogP contribution in [0.25, 0.3) is 0 Å². The fraction of sp³-hybridized carbons (Fsp3) is 0.250. The first-order valence-electron chi connectivity index (χ1n) is 5.01. The molecule has 0 aromatic heterocycles. The molecule has 17 heavy (non-hydrogen) atoms. The topological polar surface area (TPSA) is 63.2 Å². The molecule has 0 spiro atoms. The van der Waals surface area contributed by atoms with E-state index in [1.165, 1.54) is 6.92 Å². The zero-order valence-corrected chi connectivity index (χ0v) is 10.6. The van der Waals surface area contributed by atoms with E-state index in [-0.39, 0.29) is 0 Å². The summed E-state index contributed by atoms with van der Waals surface area (Å²) in [5, 5.41) is 2.45. The molecule has 0 saturated carbocycles. The van der Waals surface area contributed by atoms with E-state index >= 15 is 0 Å². The number of hydrogen-bond donors (Lipinski definition) is 1. The lowest BCUT2D eigenvalue weighted by atomic mass is 10.1. The Morgan fingerprint density at radius 3 is 2.29 bits per heavy atom. The first-order chi connectivity index (χ1) is 7.81. The maximum atomic E-state index is 11.9. The lowest BCUT2D eigenvalue weighted by Crippen LogP contribution is -2.48. The molecule has 5 heteroatoms. The average molecular weight is 253 g/mol. The van der Waals surface area contributed by atoms with Crippen LogP contribution in [0.1, 0.15) is 12.5 Å². The van der Waals surface area contributed by atoms with E-state index in [1.807, 2.05) is 0 Å². The van der Waals surface area contributed by atoms with Gasteiger partial charge in [-0.25, -0.2) is 8.42 Å². The van der Waals surface area contributed by atoms with Gasteiger partial charge in [0.25, 0.3) is 0 Å². The van der Waals surface area contributed by atoms with Crippen LogP contribution in [0, 0.1) is 0 Å². The van der Waals surface area contributed by atoms with E-state index in [1.54, 1.807) is 30.3 Å². The molecule has 4 nitrogen and oxygen atoms in total. The predicted molar refractivity (Wildman–Crippen MR) is 67.0 cm³/mol. The minimum Gasteiger partial charge on any atom is -0.330 e. The summed E-state index contributed by atoms with van der Waals surface area (Å²) in [4.78, 5) is 9.91. The second-order valence-corrected chi connectivity index (χ2v) is 6.23. The maximum absolute atomic E-state index is 11.9. The summed E-state index contributed by atoms with van der Waals surface area (Å²) < 4.78 is 23.7. The van der Waals surface area contributed by atoms with E-state index in [9.17, 15) is 13.2 Å². The Bertz CT molecular complexity index is 522. The highest BCUT2D eigenvalue weighted by Gasteiger charge is 2.38. The quantitative estimate of drug-likeness (QED) is 0.820. The van der Waals surface area contributed by atoms with Crippen molar-refractivity contribution in [2.45, 2.75) is 11.8 Å². The van der Waals surface area contributed by atoms with Crippen molar-refractivity contribution in [3.05, 3.63) is 48.6 Å². The van der Waals surface area contributed by atoms with Gasteiger partial charge in [-0.2, -0.15) is 0 Å². The van der Waals surface area contributed by atoms with E-state index in [0.717, 1.165) is 12.3 Å². The Labute approximate surface area is 101 Å². The van der Waals surface area contributed by atoms with Crippen molar-refractivity contribution < 1.29 is 13.2 Å². The van der Waals surface area contributed by atoms with Gasteiger partial charge in [-0.1, -0.05) is 36.9 Å². The van der Waals surface area contributed by atoms with Crippen LogP contribution in [-0.4, -0.2) is 20.6 Å². The van der Waals surface area contributed by atoms with Gasteiger partial charge in [-0.15, -0.1) is 0 Å². The number of rotatable bonds is 4. The Kier molecular flexibility index (Phi) is 3.72. The summed E-state index contributed by atoms with van der Waals surface area (Å²) in [6.45, 7) is 4.77. The molecule has 1 amide bonds.